The van der Waals surface area contributed by atoms with Crippen LogP contribution in [0, 0.1) is 10.1 Å². The first kappa shape index (κ1) is 12.6. The summed E-state index contributed by atoms with van der Waals surface area (Å²) in [6.45, 7) is 0.636. The molecule has 1 N–H and O–H groups in total. The predicted molar refractivity (Wildman–Crippen MR) is 68.7 cm³/mol. The third-order valence-corrected chi connectivity index (χ3v) is 3.04. The van der Waals surface area contributed by atoms with E-state index in [2.05, 4.69) is 17.5 Å². The summed E-state index contributed by atoms with van der Waals surface area (Å²) >= 11 is 0. The first-order valence-electron chi connectivity index (χ1n) is 5.90. The fourth-order valence-corrected chi connectivity index (χ4v) is 2.03. The van der Waals surface area contributed by atoms with E-state index < -0.39 is 4.92 Å². The minimum absolute atomic E-state index is 0.0151. The lowest BCUT2D eigenvalue weighted by Gasteiger charge is -2.12. The summed E-state index contributed by atoms with van der Waals surface area (Å²) in [5.74, 6) is 0.297. The number of hydrogen-bond acceptors (Lipinski definition) is 4. The van der Waals surface area contributed by atoms with Crippen molar-refractivity contribution >= 4 is 5.69 Å². The van der Waals surface area contributed by atoms with E-state index in [4.69, 9.17) is 4.74 Å². The molecule has 2 rings (SSSR count). The Morgan fingerprint density at radius 1 is 1.44 bits per heavy atom. The highest BCUT2D eigenvalue weighted by atomic mass is 16.6. The first-order chi connectivity index (χ1) is 8.70. The number of ether oxygens (including phenoxy) is 1. The lowest BCUT2D eigenvalue weighted by molar-refractivity contribution is -0.385. The molecule has 1 aromatic carbocycles. The van der Waals surface area contributed by atoms with Crippen LogP contribution in [0.4, 0.5) is 5.69 Å². The van der Waals surface area contributed by atoms with Crippen LogP contribution < -0.4 is 10.1 Å². The number of hydrogen-bond donors (Lipinski definition) is 1. The molecule has 0 bridgehead atoms. The van der Waals surface area contributed by atoms with Crippen LogP contribution >= 0.6 is 0 Å². The predicted octanol–water partition coefficient (Wildman–Crippen LogP) is 2.41. The van der Waals surface area contributed by atoms with Gasteiger partial charge in [0.1, 0.15) is 0 Å². The van der Waals surface area contributed by atoms with E-state index in [1.54, 1.807) is 12.1 Å². The quantitative estimate of drug-likeness (QED) is 0.493. The minimum Gasteiger partial charge on any atom is -0.490 e. The van der Waals surface area contributed by atoms with E-state index in [1.807, 2.05) is 6.07 Å². The Labute approximate surface area is 106 Å². The number of nitro benzene ring substituents is 1. The van der Waals surface area contributed by atoms with Gasteiger partial charge in [-0.15, -0.1) is 0 Å². The molecule has 0 saturated heterocycles. The SMILES string of the molecule is COc1ccc(CNC2CC=CC2)cc1[N+](=O)[O-]. The second kappa shape index (κ2) is 5.64. The standard InChI is InChI=1S/C13H16N2O3/c1-18-13-7-6-10(8-12(13)15(16)17)9-14-11-4-2-3-5-11/h2-3,6-8,11,14H,4-5,9H2,1H3. The van der Waals surface area contributed by atoms with Crippen molar-refractivity contribution < 1.29 is 9.66 Å². The largest absolute Gasteiger partial charge is 0.490 e. The second-order valence-corrected chi connectivity index (χ2v) is 4.28. The molecule has 0 atom stereocenters. The van der Waals surface area contributed by atoms with Gasteiger partial charge in [0.25, 0.3) is 0 Å². The van der Waals surface area contributed by atoms with Crippen molar-refractivity contribution in [3.63, 3.8) is 0 Å². The molecule has 18 heavy (non-hydrogen) atoms. The van der Waals surface area contributed by atoms with Crippen LogP contribution in [0.25, 0.3) is 0 Å². The second-order valence-electron chi connectivity index (χ2n) is 4.28. The Morgan fingerprint density at radius 3 is 2.78 bits per heavy atom. The molecule has 0 spiro atoms. The summed E-state index contributed by atoms with van der Waals surface area (Å²) in [6, 6.07) is 5.50. The van der Waals surface area contributed by atoms with Crippen molar-refractivity contribution in [1.82, 2.24) is 5.32 Å². The third kappa shape index (κ3) is 2.87. The van der Waals surface area contributed by atoms with Crippen molar-refractivity contribution in [2.75, 3.05) is 7.11 Å². The molecule has 1 aliphatic carbocycles. The van der Waals surface area contributed by atoms with Gasteiger partial charge in [0.05, 0.1) is 12.0 Å². The van der Waals surface area contributed by atoms with Gasteiger partial charge in [-0.25, -0.2) is 0 Å². The van der Waals surface area contributed by atoms with Crippen LogP contribution in [0.5, 0.6) is 5.75 Å². The normalized spacial score (nSPS) is 14.9. The fourth-order valence-electron chi connectivity index (χ4n) is 2.03. The van der Waals surface area contributed by atoms with Crippen LogP contribution in [-0.2, 0) is 6.54 Å². The van der Waals surface area contributed by atoms with Crippen molar-refractivity contribution in [1.29, 1.82) is 0 Å². The van der Waals surface area contributed by atoms with Gasteiger partial charge in [-0.2, -0.15) is 0 Å². The van der Waals surface area contributed by atoms with E-state index >= 15 is 0 Å². The van der Waals surface area contributed by atoms with Crippen LogP contribution in [-0.4, -0.2) is 18.1 Å². The highest BCUT2D eigenvalue weighted by molar-refractivity contribution is 5.48. The van der Waals surface area contributed by atoms with Crippen LogP contribution in [0.2, 0.25) is 0 Å². The first-order valence-corrected chi connectivity index (χ1v) is 5.90. The number of nitro groups is 1. The molecule has 5 nitrogen and oxygen atoms in total. The third-order valence-electron chi connectivity index (χ3n) is 3.04. The molecule has 96 valence electrons. The molecule has 1 aromatic rings. The number of nitrogens with zero attached hydrogens (tertiary/aromatic N) is 1. The zero-order chi connectivity index (χ0) is 13.0. The van der Waals surface area contributed by atoms with E-state index in [-0.39, 0.29) is 5.69 Å². The van der Waals surface area contributed by atoms with E-state index in [1.165, 1.54) is 7.11 Å². The molecule has 5 heteroatoms. The van der Waals surface area contributed by atoms with Crippen LogP contribution in [0.3, 0.4) is 0 Å². The Kier molecular flexibility index (Phi) is 3.94. The molecular formula is C13H16N2O3. The Bertz CT molecular complexity index is 463. The Hall–Kier alpha value is -1.88. The molecule has 0 aliphatic heterocycles. The Morgan fingerprint density at radius 2 is 2.17 bits per heavy atom. The van der Waals surface area contributed by atoms with Crippen LogP contribution in [0.1, 0.15) is 18.4 Å². The highest BCUT2D eigenvalue weighted by Crippen LogP contribution is 2.27. The van der Waals surface area contributed by atoms with Gasteiger partial charge in [0, 0.05) is 18.7 Å². The molecule has 0 aromatic heterocycles. The lowest BCUT2D eigenvalue weighted by Crippen LogP contribution is -2.25. The van der Waals surface area contributed by atoms with Gasteiger partial charge >= 0.3 is 5.69 Å². The number of nitrogens with one attached hydrogen (secondary N) is 1. The van der Waals surface area contributed by atoms with Gasteiger partial charge in [0.15, 0.2) is 5.75 Å². The summed E-state index contributed by atoms with van der Waals surface area (Å²) in [6.07, 6.45) is 6.35. The lowest BCUT2D eigenvalue weighted by atomic mass is 10.1. The zero-order valence-corrected chi connectivity index (χ0v) is 10.3. The number of methoxy groups -OCH3 is 1. The van der Waals surface area contributed by atoms with Gasteiger partial charge in [-0.05, 0) is 24.5 Å². The summed E-state index contributed by atoms with van der Waals surface area (Å²) in [4.78, 5) is 10.5. The maximum atomic E-state index is 10.9. The van der Waals surface area contributed by atoms with E-state index in [0.717, 1.165) is 18.4 Å². The zero-order valence-electron chi connectivity index (χ0n) is 10.3. The number of rotatable bonds is 5. The number of benzene rings is 1. The maximum absolute atomic E-state index is 10.9. The molecular weight excluding hydrogens is 232 g/mol. The van der Waals surface area contributed by atoms with Gasteiger partial charge in [-0.3, -0.25) is 10.1 Å². The fraction of sp³-hybridized carbons (Fsp3) is 0.385. The average Bonchev–Trinajstić information content (AvgIpc) is 2.89. The van der Waals surface area contributed by atoms with Crippen molar-refractivity contribution in [3.05, 3.63) is 46.0 Å². The summed E-state index contributed by atoms with van der Waals surface area (Å²) in [5, 5.41) is 14.3. The molecule has 1 aliphatic rings. The van der Waals surface area contributed by atoms with Crippen molar-refractivity contribution in [3.8, 4) is 5.75 Å². The Balaban J connectivity index is 2.04. The molecule has 0 fully saturated rings. The van der Waals surface area contributed by atoms with Crippen LogP contribution in [0.15, 0.2) is 30.4 Å². The van der Waals surface area contributed by atoms with Gasteiger partial charge in [-0.1, -0.05) is 18.2 Å². The monoisotopic (exact) mass is 248 g/mol. The van der Waals surface area contributed by atoms with Crippen molar-refractivity contribution in [2.24, 2.45) is 0 Å². The molecule has 0 saturated carbocycles. The van der Waals surface area contributed by atoms with Gasteiger partial charge in [0.2, 0.25) is 0 Å². The molecule has 0 amide bonds. The molecule has 0 radical (unpaired) electrons. The van der Waals surface area contributed by atoms with Gasteiger partial charge < -0.3 is 10.1 Å². The topological polar surface area (TPSA) is 64.4 Å². The highest BCUT2D eigenvalue weighted by Gasteiger charge is 2.16. The van der Waals surface area contributed by atoms with E-state index in [9.17, 15) is 10.1 Å². The smallest absolute Gasteiger partial charge is 0.311 e. The minimum atomic E-state index is -0.417. The van der Waals surface area contributed by atoms with E-state index in [0.29, 0.717) is 18.3 Å². The summed E-state index contributed by atoms with van der Waals surface area (Å²) in [5.41, 5.74) is 0.913. The average molecular weight is 248 g/mol. The molecule has 0 heterocycles. The van der Waals surface area contributed by atoms with Crippen molar-refractivity contribution in [2.45, 2.75) is 25.4 Å². The summed E-state index contributed by atoms with van der Waals surface area (Å²) in [7, 11) is 1.43. The maximum Gasteiger partial charge on any atom is 0.311 e. The molecule has 0 unspecified atom stereocenters. The summed E-state index contributed by atoms with van der Waals surface area (Å²) < 4.78 is 4.97.